The number of fused-ring (bicyclic) bond motifs is 9. The molecule has 0 spiro atoms. The molecule has 2 heteroatoms. The Morgan fingerprint density at radius 1 is 0.373 bits per heavy atom. The van der Waals surface area contributed by atoms with Gasteiger partial charge in [0.15, 0.2) is 5.58 Å². The molecular formula is C57H39NO. The van der Waals surface area contributed by atoms with Crippen LogP contribution in [0, 0.1) is 0 Å². The number of hydrogen-bond acceptors (Lipinski definition) is 2. The summed E-state index contributed by atoms with van der Waals surface area (Å²) in [4.78, 5) is 2.38. The van der Waals surface area contributed by atoms with E-state index in [0.717, 1.165) is 39.0 Å². The summed E-state index contributed by atoms with van der Waals surface area (Å²) in [5.41, 5.74) is 18.2. The fourth-order valence-electron chi connectivity index (χ4n) is 10.6. The Kier molecular flexibility index (Phi) is 7.31. The highest BCUT2D eigenvalue weighted by atomic mass is 16.3. The second kappa shape index (κ2) is 12.8. The van der Waals surface area contributed by atoms with Crippen molar-refractivity contribution < 1.29 is 4.42 Å². The summed E-state index contributed by atoms with van der Waals surface area (Å²) in [6.07, 6.45) is 0. The van der Waals surface area contributed by atoms with Crippen molar-refractivity contribution in [3.05, 3.63) is 257 Å². The maximum absolute atomic E-state index is 6.98. The van der Waals surface area contributed by atoms with Crippen molar-refractivity contribution in [2.24, 2.45) is 0 Å². The quantitative estimate of drug-likeness (QED) is 0.168. The van der Waals surface area contributed by atoms with Gasteiger partial charge in [0.1, 0.15) is 5.58 Å². The predicted octanol–water partition coefficient (Wildman–Crippen LogP) is 14.8. The highest BCUT2D eigenvalue weighted by molar-refractivity contribution is 6.11. The molecule has 2 aliphatic rings. The first-order chi connectivity index (χ1) is 29.2. The molecule has 278 valence electrons. The summed E-state index contributed by atoms with van der Waals surface area (Å²) in [5, 5.41) is 2.21. The molecule has 2 aliphatic carbocycles. The van der Waals surface area contributed by atoms with Crippen LogP contribution in [0.4, 0.5) is 17.1 Å². The van der Waals surface area contributed by atoms with E-state index >= 15 is 0 Å². The number of furan rings is 1. The van der Waals surface area contributed by atoms with Gasteiger partial charge in [0.2, 0.25) is 0 Å². The molecule has 10 aromatic rings. The molecule has 0 fully saturated rings. The maximum atomic E-state index is 6.98. The van der Waals surface area contributed by atoms with Crippen molar-refractivity contribution in [3.8, 4) is 22.3 Å². The third-order valence-electron chi connectivity index (χ3n) is 13.2. The zero-order valence-electron chi connectivity index (χ0n) is 32.6. The number of para-hydroxylation sites is 2. The smallest absolute Gasteiger partial charge is 0.159 e. The largest absolute Gasteiger partial charge is 0.454 e. The van der Waals surface area contributed by atoms with E-state index in [-0.39, 0.29) is 5.41 Å². The fourth-order valence-corrected chi connectivity index (χ4v) is 10.6. The molecule has 2 nitrogen and oxygen atoms in total. The van der Waals surface area contributed by atoms with Gasteiger partial charge in [0, 0.05) is 27.6 Å². The summed E-state index contributed by atoms with van der Waals surface area (Å²) in [7, 11) is 0. The second-order valence-corrected chi connectivity index (χ2v) is 16.1. The minimum Gasteiger partial charge on any atom is -0.454 e. The molecule has 9 aromatic carbocycles. The van der Waals surface area contributed by atoms with Gasteiger partial charge < -0.3 is 9.32 Å². The van der Waals surface area contributed by atoms with Crippen LogP contribution < -0.4 is 4.90 Å². The van der Waals surface area contributed by atoms with Crippen LogP contribution in [0.3, 0.4) is 0 Å². The van der Waals surface area contributed by atoms with Crippen LogP contribution in [0.5, 0.6) is 0 Å². The van der Waals surface area contributed by atoms with Gasteiger partial charge in [-0.05, 0) is 111 Å². The monoisotopic (exact) mass is 753 g/mol. The van der Waals surface area contributed by atoms with Crippen molar-refractivity contribution in [1.29, 1.82) is 0 Å². The zero-order valence-corrected chi connectivity index (χ0v) is 32.6. The Labute approximate surface area is 344 Å². The highest BCUT2D eigenvalue weighted by Crippen LogP contribution is 2.58. The lowest BCUT2D eigenvalue weighted by atomic mass is 9.67. The molecule has 0 aliphatic heterocycles. The van der Waals surface area contributed by atoms with Gasteiger partial charge in [0.25, 0.3) is 0 Å². The highest BCUT2D eigenvalue weighted by Gasteiger charge is 2.46. The summed E-state index contributed by atoms with van der Waals surface area (Å²) in [6, 6.07) is 79.9. The number of anilines is 3. The first kappa shape index (κ1) is 33.7. The molecule has 0 N–H and O–H groups in total. The molecule has 1 heterocycles. The van der Waals surface area contributed by atoms with Crippen molar-refractivity contribution in [1.82, 2.24) is 0 Å². The van der Waals surface area contributed by atoms with Crippen LogP contribution in [0.2, 0.25) is 0 Å². The Bertz CT molecular complexity index is 3150. The van der Waals surface area contributed by atoms with Crippen LogP contribution in [0.1, 0.15) is 45.9 Å². The summed E-state index contributed by atoms with van der Waals surface area (Å²) >= 11 is 0. The maximum Gasteiger partial charge on any atom is 0.159 e. The van der Waals surface area contributed by atoms with Crippen LogP contribution >= 0.6 is 0 Å². The van der Waals surface area contributed by atoms with E-state index in [4.69, 9.17) is 4.42 Å². The second-order valence-electron chi connectivity index (χ2n) is 16.1. The minimum absolute atomic E-state index is 0.301. The first-order valence-electron chi connectivity index (χ1n) is 20.5. The molecule has 59 heavy (non-hydrogen) atoms. The minimum atomic E-state index is -0.512. The Morgan fingerprint density at radius 2 is 0.915 bits per heavy atom. The summed E-state index contributed by atoms with van der Waals surface area (Å²) in [6.45, 7) is 2.38. The molecule has 0 atom stereocenters. The van der Waals surface area contributed by atoms with Crippen LogP contribution in [-0.4, -0.2) is 0 Å². The molecule has 1 aromatic heterocycles. The molecule has 12 rings (SSSR count). The van der Waals surface area contributed by atoms with Crippen molar-refractivity contribution in [3.63, 3.8) is 0 Å². The van der Waals surface area contributed by atoms with Gasteiger partial charge in [-0.2, -0.15) is 0 Å². The number of benzene rings is 9. The normalized spacial score (nSPS) is 14.1. The lowest BCUT2D eigenvalue weighted by Gasteiger charge is -2.34. The van der Waals surface area contributed by atoms with Crippen molar-refractivity contribution >= 4 is 39.0 Å². The Morgan fingerprint density at radius 3 is 1.56 bits per heavy atom. The lowest BCUT2D eigenvalue weighted by molar-refractivity contribution is 0.667. The average Bonchev–Trinajstić information content (AvgIpc) is 3.92. The van der Waals surface area contributed by atoms with E-state index < -0.39 is 5.41 Å². The molecule has 0 saturated heterocycles. The Balaban J connectivity index is 1.08. The summed E-state index contributed by atoms with van der Waals surface area (Å²) < 4.78 is 6.98. The van der Waals surface area contributed by atoms with Gasteiger partial charge in [0.05, 0.1) is 11.1 Å². The number of hydrogen-bond donors (Lipinski definition) is 0. The van der Waals surface area contributed by atoms with E-state index in [1.165, 1.54) is 61.2 Å². The Hall–Kier alpha value is -7.42. The van der Waals surface area contributed by atoms with Crippen molar-refractivity contribution in [2.45, 2.75) is 17.8 Å². The fraction of sp³-hybridized carbons (Fsp3) is 0.0526. The molecule has 0 amide bonds. The van der Waals surface area contributed by atoms with Gasteiger partial charge in [-0.15, -0.1) is 0 Å². The van der Waals surface area contributed by atoms with E-state index in [9.17, 15) is 0 Å². The van der Waals surface area contributed by atoms with Crippen LogP contribution in [-0.2, 0) is 10.8 Å². The molecule has 0 unspecified atom stereocenters. The van der Waals surface area contributed by atoms with Crippen LogP contribution in [0.25, 0.3) is 44.2 Å². The third-order valence-corrected chi connectivity index (χ3v) is 13.2. The van der Waals surface area contributed by atoms with Gasteiger partial charge >= 0.3 is 0 Å². The van der Waals surface area contributed by atoms with Gasteiger partial charge in [-0.1, -0.05) is 176 Å². The van der Waals surface area contributed by atoms with E-state index in [1.807, 2.05) is 0 Å². The lowest BCUT2D eigenvalue weighted by Crippen LogP contribution is -2.28. The first-order valence-corrected chi connectivity index (χ1v) is 20.5. The molecule has 0 radical (unpaired) electrons. The average molecular weight is 754 g/mol. The molecule has 0 saturated carbocycles. The van der Waals surface area contributed by atoms with E-state index in [1.54, 1.807) is 0 Å². The van der Waals surface area contributed by atoms with Crippen molar-refractivity contribution in [2.75, 3.05) is 4.90 Å². The van der Waals surface area contributed by atoms with E-state index in [0.29, 0.717) is 0 Å². The topological polar surface area (TPSA) is 16.4 Å². The summed E-state index contributed by atoms with van der Waals surface area (Å²) in [5.74, 6) is 0. The zero-order chi connectivity index (χ0) is 39.1. The SMILES string of the molecule is CC1(c2ccc3oc4c(N(c5ccccc5)c5ccc6c(c5)C(c5ccccc5)(c5ccccc5)c5ccccc5-6)cccc4c3c2)c2ccccc2-c2ccccc21. The van der Waals surface area contributed by atoms with Gasteiger partial charge in [-0.25, -0.2) is 0 Å². The third kappa shape index (κ3) is 4.69. The molecule has 0 bridgehead atoms. The predicted molar refractivity (Wildman–Crippen MR) is 243 cm³/mol. The van der Waals surface area contributed by atoms with Gasteiger partial charge in [-0.3, -0.25) is 0 Å². The number of rotatable bonds is 6. The standard InChI is InChI=1S/C57H39NO/c1-56(49-28-14-11-24-43(49)44-25-12-15-29-50(44)56)40-32-35-54-48(36-40)47-27-17-31-53(55(47)59-54)58(41-22-9-4-10-23-41)42-33-34-46-45-26-13-16-30-51(45)57(52(46)37-42,38-18-5-2-6-19-38)39-20-7-3-8-21-39/h2-37H,1H3. The number of nitrogens with zero attached hydrogens (tertiary/aromatic N) is 1. The van der Waals surface area contributed by atoms with E-state index in [2.05, 4.69) is 230 Å². The van der Waals surface area contributed by atoms with Crippen LogP contribution in [0.15, 0.2) is 223 Å². The molecular weight excluding hydrogens is 715 g/mol.